The highest BCUT2D eigenvalue weighted by molar-refractivity contribution is 5.83. The molecule has 0 radical (unpaired) electrons. The van der Waals surface area contributed by atoms with Crippen LogP contribution in [0, 0.1) is 5.92 Å². The second-order valence-corrected chi connectivity index (χ2v) is 7.59. The summed E-state index contributed by atoms with van der Waals surface area (Å²) in [7, 11) is 0. The number of nitrogens with zero attached hydrogens (tertiary/aromatic N) is 2. The number of ketones is 1. The zero-order valence-electron chi connectivity index (χ0n) is 15.7. The molecule has 0 amide bonds. The fraction of sp³-hybridized carbons (Fsp3) is 0.450. The van der Waals surface area contributed by atoms with Gasteiger partial charge >= 0.3 is 6.18 Å². The van der Waals surface area contributed by atoms with Crippen molar-refractivity contribution in [2.24, 2.45) is 11.7 Å². The Bertz CT molecular complexity index is 927. The third kappa shape index (κ3) is 4.50. The molecule has 4 rings (SSSR count). The summed E-state index contributed by atoms with van der Waals surface area (Å²) in [6.45, 7) is 0.0358. The van der Waals surface area contributed by atoms with Crippen LogP contribution >= 0.6 is 0 Å². The minimum atomic E-state index is -4.52. The largest absolute Gasteiger partial charge is 0.421 e. The lowest BCUT2D eigenvalue weighted by molar-refractivity contribution is -0.137. The van der Waals surface area contributed by atoms with E-state index in [2.05, 4.69) is 20.6 Å². The van der Waals surface area contributed by atoms with E-state index >= 15 is 0 Å². The minimum Gasteiger partial charge on any atom is -0.367 e. The van der Waals surface area contributed by atoms with Crippen molar-refractivity contribution in [3.05, 3.63) is 41.1 Å². The summed E-state index contributed by atoms with van der Waals surface area (Å²) in [6.07, 6.45) is 0.144. The number of nitrogens with one attached hydrogen (secondary N) is 2. The number of carbonyl (C=O) groups is 1. The van der Waals surface area contributed by atoms with Crippen LogP contribution in [-0.2, 0) is 23.8 Å². The smallest absolute Gasteiger partial charge is 0.367 e. The molecular formula is C20H22F3N5O. The van der Waals surface area contributed by atoms with Gasteiger partial charge in [-0.1, -0.05) is 6.07 Å². The van der Waals surface area contributed by atoms with Crippen LogP contribution in [0.2, 0.25) is 0 Å². The molecule has 0 aliphatic heterocycles. The standard InChI is InChI=1S/C20H22F3N5O/c21-20(22,23)16-10-25-19(28-18(16)26-14-5-6-14)27-15-4-3-11-1-2-12(17(29)9-24)7-13(11)8-15/h3-4,8,10,12,14H,1-2,5-7,9,24H2,(H2,25,26,27,28). The summed E-state index contributed by atoms with van der Waals surface area (Å²) in [5, 5.41) is 5.82. The van der Waals surface area contributed by atoms with Gasteiger partial charge in [0.25, 0.3) is 0 Å². The molecule has 154 valence electrons. The van der Waals surface area contributed by atoms with Crippen LogP contribution in [0.3, 0.4) is 0 Å². The molecule has 1 unspecified atom stereocenters. The number of rotatable bonds is 6. The predicted octanol–water partition coefficient (Wildman–Crippen LogP) is 3.45. The van der Waals surface area contributed by atoms with E-state index in [1.54, 1.807) is 0 Å². The summed E-state index contributed by atoms with van der Waals surface area (Å²) in [5.74, 6) is -0.147. The van der Waals surface area contributed by atoms with Gasteiger partial charge in [0.1, 0.15) is 17.2 Å². The van der Waals surface area contributed by atoms with Gasteiger partial charge in [-0.15, -0.1) is 0 Å². The first-order valence-electron chi connectivity index (χ1n) is 9.66. The molecule has 6 nitrogen and oxygen atoms in total. The number of benzene rings is 1. The molecule has 1 saturated carbocycles. The number of alkyl halides is 3. The number of carbonyl (C=O) groups excluding carboxylic acids is 1. The highest BCUT2D eigenvalue weighted by atomic mass is 19.4. The molecular weight excluding hydrogens is 383 g/mol. The molecule has 2 aliphatic carbocycles. The monoisotopic (exact) mass is 405 g/mol. The normalized spacial score (nSPS) is 18.8. The number of aryl methyl sites for hydroxylation is 1. The molecule has 1 fully saturated rings. The molecule has 0 spiro atoms. The van der Waals surface area contributed by atoms with Gasteiger partial charge in [-0.25, -0.2) is 4.98 Å². The molecule has 1 aromatic heterocycles. The van der Waals surface area contributed by atoms with Crippen LogP contribution in [0.15, 0.2) is 24.4 Å². The first kappa shape index (κ1) is 19.6. The lowest BCUT2D eigenvalue weighted by Gasteiger charge is -2.24. The lowest BCUT2D eigenvalue weighted by atomic mass is 9.81. The molecule has 29 heavy (non-hydrogen) atoms. The third-order valence-corrected chi connectivity index (χ3v) is 5.36. The van der Waals surface area contributed by atoms with Gasteiger partial charge in [0.05, 0.1) is 6.54 Å². The number of anilines is 3. The Kier molecular flexibility index (Phi) is 5.16. The van der Waals surface area contributed by atoms with Crippen molar-refractivity contribution in [1.82, 2.24) is 9.97 Å². The molecule has 1 heterocycles. The SMILES string of the molecule is NCC(=O)C1CCc2ccc(Nc3ncc(C(F)(F)F)c(NC4CC4)n3)cc2C1. The summed E-state index contributed by atoms with van der Waals surface area (Å²) >= 11 is 0. The summed E-state index contributed by atoms with van der Waals surface area (Å²) < 4.78 is 39.7. The maximum absolute atomic E-state index is 13.2. The van der Waals surface area contributed by atoms with Gasteiger partial charge in [0, 0.05) is 23.8 Å². The van der Waals surface area contributed by atoms with Gasteiger partial charge in [0.2, 0.25) is 5.95 Å². The van der Waals surface area contributed by atoms with E-state index in [1.165, 1.54) is 5.56 Å². The van der Waals surface area contributed by atoms with Crippen LogP contribution in [-0.4, -0.2) is 28.3 Å². The van der Waals surface area contributed by atoms with Crippen molar-refractivity contribution in [2.45, 2.75) is 44.3 Å². The van der Waals surface area contributed by atoms with Crippen molar-refractivity contribution in [3.8, 4) is 0 Å². The van der Waals surface area contributed by atoms with E-state index in [9.17, 15) is 18.0 Å². The Balaban J connectivity index is 1.56. The van der Waals surface area contributed by atoms with Crippen LogP contribution < -0.4 is 16.4 Å². The highest BCUT2D eigenvalue weighted by Crippen LogP contribution is 2.36. The predicted molar refractivity (Wildman–Crippen MR) is 103 cm³/mol. The van der Waals surface area contributed by atoms with Crippen molar-refractivity contribution < 1.29 is 18.0 Å². The second-order valence-electron chi connectivity index (χ2n) is 7.59. The average molecular weight is 405 g/mol. The zero-order valence-corrected chi connectivity index (χ0v) is 15.7. The van der Waals surface area contributed by atoms with E-state index in [4.69, 9.17) is 5.73 Å². The molecule has 4 N–H and O–H groups in total. The maximum Gasteiger partial charge on any atom is 0.421 e. The topological polar surface area (TPSA) is 92.9 Å². The van der Waals surface area contributed by atoms with Crippen LogP contribution in [0.5, 0.6) is 0 Å². The Labute approximate surface area is 166 Å². The van der Waals surface area contributed by atoms with Gasteiger partial charge in [-0.2, -0.15) is 18.2 Å². The molecule has 2 aromatic rings. The first-order chi connectivity index (χ1) is 13.8. The van der Waals surface area contributed by atoms with Crippen LogP contribution in [0.25, 0.3) is 0 Å². The van der Waals surface area contributed by atoms with Gasteiger partial charge in [-0.3, -0.25) is 4.79 Å². The summed E-state index contributed by atoms with van der Waals surface area (Å²) in [4.78, 5) is 19.8. The molecule has 0 saturated heterocycles. The average Bonchev–Trinajstić information content (AvgIpc) is 3.50. The van der Waals surface area contributed by atoms with Crippen molar-refractivity contribution in [2.75, 3.05) is 17.2 Å². The third-order valence-electron chi connectivity index (χ3n) is 5.36. The number of Topliss-reactive ketones (excluding diaryl/α,β-unsaturated/α-hetero) is 1. The number of hydrogen-bond acceptors (Lipinski definition) is 6. The number of hydrogen-bond donors (Lipinski definition) is 3. The fourth-order valence-electron chi connectivity index (χ4n) is 3.59. The summed E-state index contributed by atoms with van der Waals surface area (Å²) in [5.41, 5.74) is 7.49. The molecule has 9 heteroatoms. The molecule has 1 aromatic carbocycles. The van der Waals surface area contributed by atoms with Gasteiger partial charge < -0.3 is 16.4 Å². The van der Waals surface area contributed by atoms with E-state index in [0.29, 0.717) is 12.1 Å². The highest BCUT2D eigenvalue weighted by Gasteiger charge is 2.37. The number of aromatic nitrogens is 2. The minimum absolute atomic E-state index is 0.0274. The Morgan fingerprint density at radius 1 is 1.21 bits per heavy atom. The van der Waals surface area contributed by atoms with Crippen molar-refractivity contribution >= 4 is 23.2 Å². The van der Waals surface area contributed by atoms with Gasteiger partial charge in [-0.05, 0) is 55.4 Å². The lowest BCUT2D eigenvalue weighted by Crippen LogP contribution is -2.28. The van der Waals surface area contributed by atoms with E-state index in [-0.39, 0.29) is 36.1 Å². The summed E-state index contributed by atoms with van der Waals surface area (Å²) in [6, 6.07) is 5.74. The molecule has 0 bridgehead atoms. The molecule has 2 aliphatic rings. The Morgan fingerprint density at radius 3 is 2.69 bits per heavy atom. The second kappa shape index (κ2) is 7.62. The quantitative estimate of drug-likeness (QED) is 0.682. The van der Waals surface area contributed by atoms with Crippen molar-refractivity contribution in [1.29, 1.82) is 0 Å². The zero-order chi connectivity index (χ0) is 20.6. The number of fused-ring (bicyclic) bond motifs is 1. The number of nitrogens with two attached hydrogens (primary N) is 1. The van der Waals surface area contributed by atoms with E-state index in [0.717, 1.165) is 37.4 Å². The fourth-order valence-corrected chi connectivity index (χ4v) is 3.59. The maximum atomic E-state index is 13.2. The van der Waals surface area contributed by atoms with Crippen LogP contribution in [0.4, 0.5) is 30.6 Å². The van der Waals surface area contributed by atoms with E-state index in [1.807, 2.05) is 18.2 Å². The number of halogens is 3. The first-order valence-corrected chi connectivity index (χ1v) is 9.66. The van der Waals surface area contributed by atoms with Crippen molar-refractivity contribution in [3.63, 3.8) is 0 Å². The van der Waals surface area contributed by atoms with Crippen LogP contribution in [0.1, 0.15) is 36.0 Å². The Morgan fingerprint density at radius 2 is 2.00 bits per heavy atom. The molecule has 1 atom stereocenters. The Hall–Kier alpha value is -2.68. The van der Waals surface area contributed by atoms with E-state index < -0.39 is 11.7 Å². The van der Waals surface area contributed by atoms with Gasteiger partial charge in [0.15, 0.2) is 0 Å².